The van der Waals surface area contributed by atoms with Crippen molar-refractivity contribution in [2.45, 2.75) is 6.92 Å². The van der Waals surface area contributed by atoms with E-state index in [2.05, 4.69) is 15.6 Å². The van der Waals surface area contributed by atoms with E-state index in [0.717, 1.165) is 11.3 Å². The third-order valence-electron chi connectivity index (χ3n) is 5.26. The molecule has 1 heterocycles. The van der Waals surface area contributed by atoms with Crippen LogP contribution < -0.4 is 29.6 Å². The van der Waals surface area contributed by atoms with E-state index in [1.807, 2.05) is 25.1 Å². The number of nitrogens with one attached hydrogen (secondary N) is 2. The molecule has 196 valence electrons. The van der Waals surface area contributed by atoms with Crippen LogP contribution >= 0.6 is 11.8 Å². The second kappa shape index (κ2) is 12.7. The first-order valence-electron chi connectivity index (χ1n) is 11.7. The van der Waals surface area contributed by atoms with Gasteiger partial charge in [-0.2, -0.15) is 0 Å². The molecule has 0 saturated carbocycles. The highest BCUT2D eigenvalue weighted by atomic mass is 32.2. The predicted molar refractivity (Wildman–Crippen MR) is 149 cm³/mol. The number of methoxy groups -OCH3 is 2. The molecule has 1 aliphatic rings. The number of para-hydroxylation sites is 2. The van der Waals surface area contributed by atoms with Crippen molar-refractivity contribution < 1.29 is 28.5 Å². The lowest BCUT2D eigenvalue weighted by molar-refractivity contribution is -0.118. The van der Waals surface area contributed by atoms with Gasteiger partial charge in [-0.05, 0) is 78.9 Å². The fraction of sp³-hybridized carbons (Fsp3) is 0.179. The van der Waals surface area contributed by atoms with Crippen LogP contribution in [0, 0.1) is 0 Å². The van der Waals surface area contributed by atoms with E-state index in [4.69, 9.17) is 18.9 Å². The Morgan fingerprint density at radius 1 is 0.974 bits per heavy atom. The van der Waals surface area contributed by atoms with Gasteiger partial charge in [0.25, 0.3) is 11.8 Å². The second-order valence-electron chi connectivity index (χ2n) is 7.86. The van der Waals surface area contributed by atoms with Crippen molar-refractivity contribution in [3.8, 4) is 23.0 Å². The van der Waals surface area contributed by atoms with Gasteiger partial charge in [0.2, 0.25) is 0 Å². The number of anilines is 1. The molecular weight excluding hydrogens is 506 g/mol. The summed E-state index contributed by atoms with van der Waals surface area (Å²) in [5.74, 6) is 1.57. The number of hydrogen-bond acceptors (Lipinski definition) is 8. The number of amides is 2. The molecule has 0 unspecified atom stereocenters. The summed E-state index contributed by atoms with van der Waals surface area (Å²) in [5.41, 5.74) is 1.99. The zero-order valence-corrected chi connectivity index (χ0v) is 22.0. The number of nitrogens with zero attached hydrogens (tertiary/aromatic N) is 1. The fourth-order valence-electron chi connectivity index (χ4n) is 3.49. The van der Waals surface area contributed by atoms with Gasteiger partial charge in [-0.1, -0.05) is 18.2 Å². The summed E-state index contributed by atoms with van der Waals surface area (Å²) in [7, 11) is 3.13. The number of ether oxygens (including phenoxy) is 4. The van der Waals surface area contributed by atoms with Gasteiger partial charge in [0.1, 0.15) is 11.5 Å². The first kappa shape index (κ1) is 26.6. The van der Waals surface area contributed by atoms with E-state index in [1.165, 1.54) is 18.9 Å². The number of benzene rings is 3. The highest BCUT2D eigenvalue weighted by Crippen LogP contribution is 2.33. The van der Waals surface area contributed by atoms with Crippen LogP contribution in [0.25, 0.3) is 6.08 Å². The maximum Gasteiger partial charge on any atom is 0.264 e. The Morgan fingerprint density at radius 3 is 2.50 bits per heavy atom. The predicted octanol–water partition coefficient (Wildman–Crippen LogP) is 5.01. The molecule has 38 heavy (non-hydrogen) atoms. The Hall–Kier alpha value is -4.44. The summed E-state index contributed by atoms with van der Waals surface area (Å²) in [6.07, 6.45) is 1.75. The molecule has 0 atom stereocenters. The highest BCUT2D eigenvalue weighted by Gasteiger charge is 2.24. The van der Waals surface area contributed by atoms with Crippen LogP contribution in [0.3, 0.4) is 0 Å². The fourth-order valence-corrected chi connectivity index (χ4v) is 4.33. The van der Waals surface area contributed by atoms with Gasteiger partial charge in [0, 0.05) is 0 Å². The summed E-state index contributed by atoms with van der Waals surface area (Å²) in [4.78, 5) is 29.9. The molecular formula is C28H27N3O6S. The summed E-state index contributed by atoms with van der Waals surface area (Å²) < 4.78 is 21.9. The molecule has 0 aromatic heterocycles. The molecule has 9 nitrogen and oxygen atoms in total. The number of amidine groups is 1. The number of carbonyl (C=O) groups is 2. The van der Waals surface area contributed by atoms with Crippen LogP contribution in [0.2, 0.25) is 0 Å². The van der Waals surface area contributed by atoms with Gasteiger partial charge in [-0.15, -0.1) is 0 Å². The smallest absolute Gasteiger partial charge is 0.264 e. The van der Waals surface area contributed by atoms with E-state index in [-0.39, 0.29) is 18.4 Å². The standard InChI is InChI=1S/C28H27N3O6S/c1-4-36-24-15-18(9-14-23(24)37-17-26(32)30-21-7-5-6-8-22(21)35-3)16-25-27(33)31-28(38-25)29-19-10-12-20(34-2)13-11-19/h5-16H,4,17H2,1-3H3,(H,30,32)(H,29,31,33)/b25-16+. The van der Waals surface area contributed by atoms with Crippen LogP contribution in [0.15, 0.2) is 76.6 Å². The Labute approximate surface area is 224 Å². The molecule has 0 radical (unpaired) electrons. The van der Waals surface area contributed by atoms with Gasteiger partial charge in [0.05, 0.1) is 37.1 Å². The van der Waals surface area contributed by atoms with Gasteiger partial charge in [-0.3, -0.25) is 9.59 Å². The Balaban J connectivity index is 1.43. The molecule has 1 aliphatic heterocycles. The molecule has 4 rings (SSSR count). The lowest BCUT2D eigenvalue weighted by Gasteiger charge is -2.13. The van der Waals surface area contributed by atoms with E-state index in [9.17, 15) is 9.59 Å². The average molecular weight is 534 g/mol. The molecule has 0 bridgehead atoms. The largest absolute Gasteiger partial charge is 0.497 e. The zero-order chi connectivity index (χ0) is 26.9. The number of thioether (sulfide) groups is 1. The molecule has 0 aliphatic carbocycles. The lowest BCUT2D eigenvalue weighted by atomic mass is 10.2. The number of rotatable bonds is 10. The monoisotopic (exact) mass is 533 g/mol. The Kier molecular flexibility index (Phi) is 8.89. The maximum atomic E-state index is 12.5. The topological polar surface area (TPSA) is 107 Å². The minimum atomic E-state index is -0.342. The molecule has 2 N–H and O–H groups in total. The molecule has 10 heteroatoms. The number of hydrogen-bond donors (Lipinski definition) is 2. The second-order valence-corrected chi connectivity index (χ2v) is 8.89. The Bertz CT molecular complexity index is 1370. The lowest BCUT2D eigenvalue weighted by Crippen LogP contribution is -2.20. The van der Waals surface area contributed by atoms with E-state index in [0.29, 0.717) is 45.3 Å². The van der Waals surface area contributed by atoms with Crippen LogP contribution in [-0.4, -0.2) is 44.4 Å². The molecule has 3 aromatic rings. The van der Waals surface area contributed by atoms with Crippen molar-refractivity contribution in [1.29, 1.82) is 0 Å². The summed E-state index contributed by atoms with van der Waals surface area (Å²) in [6.45, 7) is 2.03. The van der Waals surface area contributed by atoms with Crippen LogP contribution in [0.1, 0.15) is 12.5 Å². The van der Waals surface area contributed by atoms with Crippen LogP contribution in [0.4, 0.5) is 11.4 Å². The number of carbonyl (C=O) groups excluding carboxylic acids is 2. The third-order valence-corrected chi connectivity index (χ3v) is 6.17. The minimum absolute atomic E-state index is 0.220. The van der Waals surface area contributed by atoms with Crippen molar-refractivity contribution in [1.82, 2.24) is 5.32 Å². The van der Waals surface area contributed by atoms with E-state index < -0.39 is 0 Å². The van der Waals surface area contributed by atoms with Gasteiger partial charge >= 0.3 is 0 Å². The van der Waals surface area contributed by atoms with Crippen LogP contribution in [-0.2, 0) is 9.59 Å². The van der Waals surface area contributed by atoms with E-state index >= 15 is 0 Å². The van der Waals surface area contributed by atoms with Gasteiger partial charge in [0.15, 0.2) is 23.3 Å². The van der Waals surface area contributed by atoms with Crippen molar-refractivity contribution >= 4 is 46.2 Å². The molecule has 0 spiro atoms. The van der Waals surface area contributed by atoms with E-state index in [1.54, 1.807) is 61.7 Å². The highest BCUT2D eigenvalue weighted by molar-refractivity contribution is 8.18. The van der Waals surface area contributed by atoms with Crippen molar-refractivity contribution in [3.05, 3.63) is 77.2 Å². The third kappa shape index (κ3) is 6.86. The summed E-state index contributed by atoms with van der Waals surface area (Å²) in [5, 5.41) is 6.03. The zero-order valence-electron chi connectivity index (χ0n) is 21.1. The normalized spacial score (nSPS) is 14.8. The SMILES string of the molecule is CCOc1cc(/C=C2/SC(=Nc3ccc(OC)cc3)NC2=O)ccc1OCC(=O)Nc1ccccc1OC. The van der Waals surface area contributed by atoms with Crippen molar-refractivity contribution in [3.63, 3.8) is 0 Å². The van der Waals surface area contributed by atoms with Gasteiger partial charge in [-0.25, -0.2) is 4.99 Å². The molecule has 1 saturated heterocycles. The number of aliphatic imine (C=N–C) groups is 1. The first-order chi connectivity index (χ1) is 18.5. The summed E-state index contributed by atoms with van der Waals surface area (Å²) in [6, 6.07) is 19.6. The molecule has 2 amide bonds. The quantitative estimate of drug-likeness (QED) is 0.353. The van der Waals surface area contributed by atoms with Gasteiger partial charge < -0.3 is 29.6 Å². The molecule has 1 fully saturated rings. The minimum Gasteiger partial charge on any atom is -0.497 e. The van der Waals surface area contributed by atoms with Crippen molar-refractivity contribution in [2.24, 2.45) is 4.99 Å². The van der Waals surface area contributed by atoms with Crippen molar-refractivity contribution in [2.75, 3.05) is 32.8 Å². The average Bonchev–Trinajstić information content (AvgIpc) is 3.27. The first-order valence-corrected chi connectivity index (χ1v) is 12.6. The van der Waals surface area contributed by atoms with Crippen LogP contribution in [0.5, 0.6) is 23.0 Å². The Morgan fingerprint density at radius 2 is 1.76 bits per heavy atom. The maximum absolute atomic E-state index is 12.5. The summed E-state index contributed by atoms with van der Waals surface area (Å²) >= 11 is 1.24. The molecule has 3 aromatic carbocycles.